The number of aromatic nitrogens is 2. The highest BCUT2D eigenvalue weighted by Gasteiger charge is 2.13. The summed E-state index contributed by atoms with van der Waals surface area (Å²) in [7, 11) is 1.53. The number of rotatable bonds is 8. The monoisotopic (exact) mass is 399 g/mol. The summed E-state index contributed by atoms with van der Waals surface area (Å²) >= 11 is 5.95. The van der Waals surface area contributed by atoms with Crippen molar-refractivity contribution < 1.29 is 18.8 Å². The van der Waals surface area contributed by atoms with Gasteiger partial charge in [0.05, 0.1) is 13.7 Å². The number of hydrogen-bond donors (Lipinski definition) is 1. The molecule has 8 heteroatoms. The van der Waals surface area contributed by atoms with Gasteiger partial charge in [-0.1, -0.05) is 41.0 Å². The summed E-state index contributed by atoms with van der Waals surface area (Å²) in [6, 6.07) is 13.9. The molecule has 2 aromatic carbocycles. The van der Waals surface area contributed by atoms with Crippen LogP contribution in [0.15, 0.2) is 53.1 Å². The fourth-order valence-corrected chi connectivity index (χ4v) is 2.69. The molecule has 3 rings (SSSR count). The minimum absolute atomic E-state index is 0.0608. The fraction of sp³-hybridized carbons (Fsp3) is 0.200. The Morgan fingerprint density at radius 2 is 1.96 bits per heavy atom. The van der Waals surface area contributed by atoms with E-state index in [2.05, 4.69) is 15.5 Å². The average Bonchev–Trinajstić information content (AvgIpc) is 3.19. The van der Waals surface area contributed by atoms with Crippen molar-refractivity contribution in [2.24, 2.45) is 0 Å². The van der Waals surface area contributed by atoms with Gasteiger partial charge < -0.3 is 14.6 Å². The predicted octanol–water partition coefficient (Wildman–Crippen LogP) is 3.68. The number of ketones is 1. The summed E-state index contributed by atoms with van der Waals surface area (Å²) < 4.78 is 10.2. The van der Waals surface area contributed by atoms with Crippen LogP contribution in [0.3, 0.4) is 0 Å². The smallest absolute Gasteiger partial charge is 0.246 e. The summed E-state index contributed by atoms with van der Waals surface area (Å²) in [6.45, 7) is 0.0831. The van der Waals surface area contributed by atoms with Gasteiger partial charge in [-0.3, -0.25) is 9.59 Å². The van der Waals surface area contributed by atoms with Crippen molar-refractivity contribution in [2.45, 2.75) is 19.4 Å². The molecule has 3 aromatic rings. The highest BCUT2D eigenvalue weighted by molar-refractivity contribution is 6.30. The zero-order valence-electron chi connectivity index (χ0n) is 15.1. The molecule has 0 aliphatic heterocycles. The lowest BCUT2D eigenvalue weighted by atomic mass is 10.1. The molecule has 0 aliphatic carbocycles. The van der Waals surface area contributed by atoms with E-state index in [1.54, 1.807) is 42.5 Å². The molecule has 0 unspecified atom stereocenters. The zero-order valence-corrected chi connectivity index (χ0v) is 15.9. The van der Waals surface area contributed by atoms with Crippen molar-refractivity contribution in [3.8, 4) is 17.1 Å². The first-order valence-electron chi connectivity index (χ1n) is 8.57. The van der Waals surface area contributed by atoms with Gasteiger partial charge in [0.15, 0.2) is 5.78 Å². The van der Waals surface area contributed by atoms with Gasteiger partial charge in [-0.15, -0.1) is 0 Å². The lowest BCUT2D eigenvalue weighted by molar-refractivity contribution is -0.121. The van der Waals surface area contributed by atoms with Gasteiger partial charge >= 0.3 is 0 Å². The summed E-state index contributed by atoms with van der Waals surface area (Å²) in [5.41, 5.74) is 1.23. The molecule has 1 amide bonds. The molecular formula is C20H18ClN3O4. The average molecular weight is 400 g/mol. The number of carbonyl (C=O) groups excluding carboxylic acids is 2. The lowest BCUT2D eigenvalue weighted by Crippen LogP contribution is -2.23. The standard InChI is InChI=1S/C20H18ClN3O4/c1-27-16-7-3-4-13(11-16)17(25)8-9-18(26)22-12-19-23-20(24-28-19)14-5-2-6-15(21)10-14/h2-7,10-11H,8-9,12H2,1H3,(H,22,26). The number of amides is 1. The molecule has 28 heavy (non-hydrogen) atoms. The maximum Gasteiger partial charge on any atom is 0.246 e. The van der Waals surface area contributed by atoms with Crippen molar-refractivity contribution in [1.82, 2.24) is 15.5 Å². The number of hydrogen-bond acceptors (Lipinski definition) is 6. The van der Waals surface area contributed by atoms with Gasteiger partial charge in [-0.05, 0) is 24.3 Å². The van der Waals surface area contributed by atoms with Crippen molar-refractivity contribution in [1.29, 1.82) is 0 Å². The molecule has 1 N–H and O–H groups in total. The van der Waals surface area contributed by atoms with E-state index in [1.165, 1.54) is 7.11 Å². The first-order chi connectivity index (χ1) is 13.5. The molecule has 0 aliphatic rings. The molecule has 144 valence electrons. The summed E-state index contributed by atoms with van der Waals surface area (Å²) in [5.74, 6) is 0.846. The summed E-state index contributed by atoms with van der Waals surface area (Å²) in [4.78, 5) is 28.4. The van der Waals surface area contributed by atoms with Gasteiger partial charge in [-0.25, -0.2) is 0 Å². The predicted molar refractivity (Wildman–Crippen MR) is 103 cm³/mol. The molecule has 0 bridgehead atoms. The molecule has 1 aromatic heterocycles. The van der Waals surface area contributed by atoms with Gasteiger partial charge in [0.1, 0.15) is 5.75 Å². The van der Waals surface area contributed by atoms with Crippen molar-refractivity contribution >= 4 is 23.3 Å². The Kier molecular flexibility index (Phi) is 6.39. The van der Waals surface area contributed by atoms with Crippen molar-refractivity contribution in [3.63, 3.8) is 0 Å². The first kappa shape index (κ1) is 19.6. The topological polar surface area (TPSA) is 94.3 Å². The highest BCUT2D eigenvalue weighted by atomic mass is 35.5. The number of ether oxygens (including phenoxy) is 1. The maximum atomic E-state index is 12.2. The number of nitrogens with zero attached hydrogens (tertiary/aromatic N) is 2. The largest absolute Gasteiger partial charge is 0.497 e. The van der Waals surface area contributed by atoms with E-state index in [1.807, 2.05) is 6.07 Å². The van der Waals surface area contributed by atoms with E-state index >= 15 is 0 Å². The number of halogens is 1. The van der Waals surface area contributed by atoms with Crippen molar-refractivity contribution in [2.75, 3.05) is 7.11 Å². The van der Waals surface area contributed by atoms with E-state index in [0.29, 0.717) is 22.2 Å². The van der Waals surface area contributed by atoms with Gasteiger partial charge in [-0.2, -0.15) is 4.98 Å². The van der Waals surface area contributed by atoms with Crippen LogP contribution in [0.1, 0.15) is 29.1 Å². The number of Topliss-reactive ketones (excluding diaryl/α,β-unsaturated/α-hetero) is 1. The van der Waals surface area contributed by atoms with Crippen LogP contribution in [0, 0.1) is 0 Å². The Labute approximate surface area is 166 Å². The van der Waals surface area contributed by atoms with Crippen LogP contribution in [-0.2, 0) is 11.3 Å². The van der Waals surface area contributed by atoms with Gasteiger partial charge in [0.25, 0.3) is 0 Å². The number of nitrogens with one attached hydrogen (secondary N) is 1. The van der Waals surface area contributed by atoms with E-state index in [4.69, 9.17) is 20.9 Å². The van der Waals surface area contributed by atoms with E-state index in [-0.39, 0.29) is 37.0 Å². The minimum atomic E-state index is -0.279. The van der Waals surface area contributed by atoms with Crippen LogP contribution >= 0.6 is 11.6 Å². The number of carbonyl (C=O) groups is 2. The lowest BCUT2D eigenvalue weighted by Gasteiger charge is -2.04. The Morgan fingerprint density at radius 3 is 2.75 bits per heavy atom. The molecule has 0 atom stereocenters. The Balaban J connectivity index is 1.49. The Hall–Kier alpha value is -3.19. The minimum Gasteiger partial charge on any atom is -0.497 e. The van der Waals surface area contributed by atoms with Crippen LogP contribution in [0.2, 0.25) is 5.02 Å². The van der Waals surface area contributed by atoms with Crippen LogP contribution < -0.4 is 10.1 Å². The molecule has 0 fully saturated rings. The molecule has 0 spiro atoms. The summed E-state index contributed by atoms with van der Waals surface area (Å²) in [6.07, 6.45) is 0.155. The Bertz CT molecular complexity index is 987. The number of methoxy groups -OCH3 is 1. The third-order valence-electron chi connectivity index (χ3n) is 3.96. The van der Waals surface area contributed by atoms with Crippen LogP contribution in [0.25, 0.3) is 11.4 Å². The van der Waals surface area contributed by atoms with E-state index in [0.717, 1.165) is 5.56 Å². The highest BCUT2D eigenvalue weighted by Crippen LogP contribution is 2.20. The Morgan fingerprint density at radius 1 is 1.14 bits per heavy atom. The molecule has 7 nitrogen and oxygen atoms in total. The molecule has 0 radical (unpaired) electrons. The van der Waals surface area contributed by atoms with Crippen LogP contribution in [-0.4, -0.2) is 28.9 Å². The molecule has 0 saturated carbocycles. The molecule has 0 saturated heterocycles. The van der Waals surface area contributed by atoms with Crippen LogP contribution in [0.4, 0.5) is 0 Å². The number of benzene rings is 2. The SMILES string of the molecule is COc1cccc(C(=O)CCC(=O)NCc2nc(-c3cccc(Cl)c3)no2)c1. The second kappa shape index (κ2) is 9.14. The third kappa shape index (κ3) is 5.17. The van der Waals surface area contributed by atoms with Gasteiger partial charge in [0, 0.05) is 29.0 Å². The normalized spacial score (nSPS) is 10.5. The van der Waals surface area contributed by atoms with Crippen molar-refractivity contribution in [3.05, 3.63) is 65.0 Å². The second-order valence-electron chi connectivity index (χ2n) is 5.95. The quantitative estimate of drug-likeness (QED) is 0.580. The fourth-order valence-electron chi connectivity index (χ4n) is 2.50. The van der Waals surface area contributed by atoms with E-state index in [9.17, 15) is 9.59 Å². The third-order valence-corrected chi connectivity index (χ3v) is 4.19. The molecule has 1 heterocycles. The summed E-state index contributed by atoms with van der Waals surface area (Å²) in [5, 5.41) is 7.11. The van der Waals surface area contributed by atoms with E-state index < -0.39 is 0 Å². The first-order valence-corrected chi connectivity index (χ1v) is 8.95. The zero-order chi connectivity index (χ0) is 19.9. The maximum absolute atomic E-state index is 12.2. The van der Waals surface area contributed by atoms with Gasteiger partial charge in [0.2, 0.25) is 17.6 Å². The second-order valence-corrected chi connectivity index (χ2v) is 6.39. The molecular weight excluding hydrogens is 382 g/mol. The van der Waals surface area contributed by atoms with Crippen LogP contribution in [0.5, 0.6) is 5.75 Å².